The maximum atomic E-state index is 11.5. The topological polar surface area (TPSA) is 81.0 Å². The van der Waals surface area contributed by atoms with Crippen LogP contribution in [0, 0.1) is 11.3 Å². The van der Waals surface area contributed by atoms with E-state index in [1.165, 1.54) is 0 Å². The molecular weight excluding hydrogens is 230 g/mol. The third-order valence-corrected chi connectivity index (χ3v) is 2.90. The largest absolute Gasteiger partial charge is 0.367 e. The Morgan fingerprint density at radius 1 is 1.50 bits per heavy atom. The number of hydrogen-bond acceptors (Lipinski definition) is 5. The number of carbonyl (C=O) groups excluding carboxylic acids is 1. The van der Waals surface area contributed by atoms with Gasteiger partial charge in [-0.1, -0.05) is 0 Å². The number of nitriles is 1. The fraction of sp³-hybridized carbons (Fsp3) is 0.417. The van der Waals surface area contributed by atoms with Crippen molar-refractivity contribution in [1.82, 2.24) is 15.6 Å². The van der Waals surface area contributed by atoms with Crippen LogP contribution in [0.4, 0.5) is 5.69 Å². The zero-order valence-corrected chi connectivity index (χ0v) is 10.2. The van der Waals surface area contributed by atoms with E-state index in [-0.39, 0.29) is 11.6 Å². The lowest BCUT2D eigenvalue weighted by Crippen LogP contribution is -2.44. The third-order valence-electron chi connectivity index (χ3n) is 2.90. The number of anilines is 1. The van der Waals surface area contributed by atoms with Crippen LogP contribution in [0.15, 0.2) is 12.1 Å². The lowest BCUT2D eigenvalue weighted by Gasteiger charge is -2.29. The molecule has 1 saturated heterocycles. The molecule has 0 aromatic carbocycles. The molecule has 1 aliphatic rings. The summed E-state index contributed by atoms with van der Waals surface area (Å²) in [6.45, 7) is 3.47. The summed E-state index contributed by atoms with van der Waals surface area (Å²) in [5.74, 6) is -0.279. The highest BCUT2D eigenvalue weighted by Gasteiger charge is 2.17. The molecule has 18 heavy (non-hydrogen) atoms. The van der Waals surface area contributed by atoms with Crippen molar-refractivity contribution in [3.63, 3.8) is 0 Å². The molecule has 2 N–H and O–H groups in total. The molecule has 1 aromatic rings. The SMILES string of the molecule is CNC(=O)c1ccc(N2CCNCC2)c(C#N)n1. The summed E-state index contributed by atoms with van der Waals surface area (Å²) in [5.41, 5.74) is 1.37. The van der Waals surface area contributed by atoms with Gasteiger partial charge in [-0.2, -0.15) is 5.26 Å². The summed E-state index contributed by atoms with van der Waals surface area (Å²) in [7, 11) is 1.54. The van der Waals surface area contributed by atoms with E-state index in [1.54, 1.807) is 19.2 Å². The molecule has 6 heteroatoms. The molecule has 0 saturated carbocycles. The van der Waals surface area contributed by atoms with E-state index in [4.69, 9.17) is 5.26 Å². The summed E-state index contributed by atoms with van der Waals surface area (Å²) in [6, 6.07) is 5.50. The standard InChI is InChI=1S/C12H15N5O/c1-14-12(18)9-2-3-11(10(8-13)16-9)17-6-4-15-5-7-17/h2-3,15H,4-7H2,1H3,(H,14,18). The van der Waals surface area contributed by atoms with Gasteiger partial charge in [0.05, 0.1) is 5.69 Å². The summed E-state index contributed by atoms with van der Waals surface area (Å²) >= 11 is 0. The molecule has 2 rings (SSSR count). The predicted molar refractivity (Wildman–Crippen MR) is 67.4 cm³/mol. The molecular formula is C12H15N5O. The minimum absolute atomic E-state index is 0.271. The zero-order chi connectivity index (χ0) is 13.0. The monoisotopic (exact) mass is 245 g/mol. The predicted octanol–water partition coefficient (Wildman–Crippen LogP) is -0.278. The van der Waals surface area contributed by atoms with Crippen LogP contribution in [0.25, 0.3) is 0 Å². The van der Waals surface area contributed by atoms with Crippen LogP contribution in [0.2, 0.25) is 0 Å². The second-order valence-corrected chi connectivity index (χ2v) is 3.99. The Morgan fingerprint density at radius 2 is 2.22 bits per heavy atom. The first kappa shape index (κ1) is 12.3. The fourth-order valence-corrected chi connectivity index (χ4v) is 1.95. The molecule has 1 fully saturated rings. The van der Waals surface area contributed by atoms with Gasteiger partial charge in [0, 0.05) is 33.2 Å². The minimum atomic E-state index is -0.279. The zero-order valence-electron chi connectivity index (χ0n) is 10.2. The van der Waals surface area contributed by atoms with Gasteiger partial charge >= 0.3 is 0 Å². The average Bonchev–Trinajstić information content (AvgIpc) is 2.46. The fourth-order valence-electron chi connectivity index (χ4n) is 1.95. The number of rotatable bonds is 2. The number of pyridine rings is 1. The van der Waals surface area contributed by atoms with Crippen LogP contribution >= 0.6 is 0 Å². The van der Waals surface area contributed by atoms with E-state index in [2.05, 4.69) is 26.6 Å². The first-order valence-electron chi connectivity index (χ1n) is 5.85. The first-order valence-corrected chi connectivity index (χ1v) is 5.85. The van der Waals surface area contributed by atoms with Crippen molar-refractivity contribution in [3.05, 3.63) is 23.5 Å². The number of hydrogen-bond donors (Lipinski definition) is 2. The van der Waals surface area contributed by atoms with Gasteiger partial charge in [0.15, 0.2) is 5.69 Å². The highest BCUT2D eigenvalue weighted by atomic mass is 16.1. The van der Waals surface area contributed by atoms with E-state index < -0.39 is 0 Å². The van der Waals surface area contributed by atoms with Gasteiger partial charge < -0.3 is 15.5 Å². The number of nitrogens with one attached hydrogen (secondary N) is 2. The van der Waals surface area contributed by atoms with Gasteiger partial charge in [-0.05, 0) is 12.1 Å². The van der Waals surface area contributed by atoms with Gasteiger partial charge in [-0.3, -0.25) is 4.79 Å². The molecule has 0 spiro atoms. The second-order valence-electron chi connectivity index (χ2n) is 3.99. The summed E-state index contributed by atoms with van der Waals surface area (Å²) in [5, 5.41) is 14.9. The molecule has 1 aromatic heterocycles. The Balaban J connectivity index is 2.31. The van der Waals surface area contributed by atoms with E-state index in [0.717, 1.165) is 31.9 Å². The molecule has 6 nitrogen and oxygen atoms in total. The Labute approximate surface area is 106 Å². The molecule has 0 aliphatic carbocycles. The maximum Gasteiger partial charge on any atom is 0.269 e. The molecule has 1 amide bonds. The highest BCUT2D eigenvalue weighted by Crippen LogP contribution is 2.19. The van der Waals surface area contributed by atoms with Crippen LogP contribution < -0.4 is 15.5 Å². The maximum absolute atomic E-state index is 11.5. The molecule has 0 unspecified atom stereocenters. The van der Waals surface area contributed by atoms with Crippen molar-refractivity contribution in [2.75, 3.05) is 38.1 Å². The number of nitrogens with zero attached hydrogens (tertiary/aromatic N) is 3. The van der Waals surface area contributed by atoms with Gasteiger partial charge in [0.1, 0.15) is 11.8 Å². The van der Waals surface area contributed by atoms with Crippen molar-refractivity contribution in [2.45, 2.75) is 0 Å². The van der Waals surface area contributed by atoms with Gasteiger partial charge in [-0.15, -0.1) is 0 Å². The van der Waals surface area contributed by atoms with Crippen LogP contribution in [-0.2, 0) is 0 Å². The highest BCUT2D eigenvalue weighted by molar-refractivity contribution is 5.92. The van der Waals surface area contributed by atoms with Crippen LogP contribution in [0.5, 0.6) is 0 Å². The average molecular weight is 245 g/mol. The van der Waals surface area contributed by atoms with Gasteiger partial charge in [0.25, 0.3) is 5.91 Å². The Bertz CT molecular complexity index is 488. The van der Waals surface area contributed by atoms with E-state index in [1.807, 2.05) is 0 Å². The van der Waals surface area contributed by atoms with E-state index in [0.29, 0.717) is 5.69 Å². The van der Waals surface area contributed by atoms with Crippen molar-refractivity contribution in [3.8, 4) is 6.07 Å². The number of piperazine rings is 1. The number of carbonyl (C=O) groups is 1. The van der Waals surface area contributed by atoms with Crippen molar-refractivity contribution >= 4 is 11.6 Å². The second kappa shape index (κ2) is 5.47. The smallest absolute Gasteiger partial charge is 0.269 e. The minimum Gasteiger partial charge on any atom is -0.367 e. The Hall–Kier alpha value is -2.13. The number of aromatic nitrogens is 1. The quantitative estimate of drug-likeness (QED) is 0.749. The first-order chi connectivity index (χ1) is 8.76. The van der Waals surface area contributed by atoms with Crippen LogP contribution in [0.3, 0.4) is 0 Å². The van der Waals surface area contributed by atoms with Crippen molar-refractivity contribution < 1.29 is 4.79 Å². The normalized spacial score (nSPS) is 15.0. The Kier molecular flexibility index (Phi) is 3.75. The van der Waals surface area contributed by atoms with E-state index >= 15 is 0 Å². The van der Waals surface area contributed by atoms with Gasteiger partial charge in [-0.25, -0.2) is 4.98 Å². The summed E-state index contributed by atoms with van der Waals surface area (Å²) in [4.78, 5) is 17.7. The molecule has 1 aliphatic heterocycles. The summed E-state index contributed by atoms with van der Waals surface area (Å²) in [6.07, 6.45) is 0. The molecule has 0 atom stereocenters. The summed E-state index contributed by atoms with van der Waals surface area (Å²) < 4.78 is 0. The Morgan fingerprint density at radius 3 is 2.83 bits per heavy atom. The lowest BCUT2D eigenvalue weighted by molar-refractivity contribution is 0.0958. The lowest BCUT2D eigenvalue weighted by atomic mass is 10.2. The third kappa shape index (κ3) is 2.41. The molecule has 94 valence electrons. The van der Waals surface area contributed by atoms with E-state index in [9.17, 15) is 4.79 Å². The molecule has 2 heterocycles. The van der Waals surface area contributed by atoms with Gasteiger partial charge in [0.2, 0.25) is 0 Å². The van der Waals surface area contributed by atoms with Crippen molar-refractivity contribution in [2.24, 2.45) is 0 Å². The molecule has 0 radical (unpaired) electrons. The molecule has 0 bridgehead atoms. The van der Waals surface area contributed by atoms with Crippen LogP contribution in [0.1, 0.15) is 16.2 Å². The number of amides is 1. The van der Waals surface area contributed by atoms with Crippen molar-refractivity contribution in [1.29, 1.82) is 5.26 Å². The van der Waals surface area contributed by atoms with Crippen LogP contribution in [-0.4, -0.2) is 44.1 Å².